The maximum Gasteiger partial charge on any atom is 0.125 e. The molecule has 1 N–H and O–H groups in total. The Bertz CT molecular complexity index is 549. The van der Waals surface area contributed by atoms with E-state index >= 15 is 0 Å². The van der Waals surface area contributed by atoms with E-state index in [0.717, 1.165) is 29.9 Å². The van der Waals surface area contributed by atoms with Gasteiger partial charge in [-0.05, 0) is 12.5 Å². The van der Waals surface area contributed by atoms with E-state index in [0.29, 0.717) is 5.75 Å². The standard InChI is InChI=1S/C15H20N2O2/c1-4-7-14-16-10-12(17(14)2)15(18)11-8-5-6-9-13(11)19-3/h5-6,8-10,15,18H,4,7H2,1-3H3/t15-/m1/s1. The molecule has 4 heteroatoms. The van der Waals surface area contributed by atoms with Crippen molar-refractivity contribution in [2.75, 3.05) is 7.11 Å². The molecule has 0 bridgehead atoms. The van der Waals surface area contributed by atoms with Gasteiger partial charge in [0, 0.05) is 19.0 Å². The summed E-state index contributed by atoms with van der Waals surface area (Å²) in [5, 5.41) is 10.5. The van der Waals surface area contributed by atoms with Crippen LogP contribution in [0.15, 0.2) is 30.5 Å². The van der Waals surface area contributed by atoms with Crippen molar-refractivity contribution in [3.63, 3.8) is 0 Å². The highest BCUT2D eigenvalue weighted by molar-refractivity contribution is 5.38. The monoisotopic (exact) mass is 260 g/mol. The molecule has 1 atom stereocenters. The van der Waals surface area contributed by atoms with Crippen molar-refractivity contribution >= 4 is 0 Å². The molecule has 0 aliphatic heterocycles. The summed E-state index contributed by atoms with van der Waals surface area (Å²) in [4.78, 5) is 4.37. The molecule has 19 heavy (non-hydrogen) atoms. The zero-order valence-electron chi connectivity index (χ0n) is 11.6. The maximum atomic E-state index is 10.5. The van der Waals surface area contributed by atoms with Gasteiger partial charge in [0.05, 0.1) is 19.0 Å². The van der Waals surface area contributed by atoms with E-state index in [1.54, 1.807) is 13.3 Å². The fraction of sp³-hybridized carbons (Fsp3) is 0.400. The van der Waals surface area contributed by atoms with Crippen molar-refractivity contribution in [1.82, 2.24) is 9.55 Å². The number of hydrogen-bond acceptors (Lipinski definition) is 3. The summed E-state index contributed by atoms with van der Waals surface area (Å²) in [7, 11) is 3.54. The van der Waals surface area contributed by atoms with Gasteiger partial charge in [0.1, 0.15) is 17.7 Å². The summed E-state index contributed by atoms with van der Waals surface area (Å²) in [5.74, 6) is 1.68. The molecule has 0 aliphatic rings. The van der Waals surface area contributed by atoms with E-state index in [1.165, 1.54) is 0 Å². The second-order valence-electron chi connectivity index (χ2n) is 4.55. The molecule has 0 amide bonds. The van der Waals surface area contributed by atoms with Crippen molar-refractivity contribution in [1.29, 1.82) is 0 Å². The number of aliphatic hydroxyl groups excluding tert-OH is 1. The average molecular weight is 260 g/mol. The molecule has 2 rings (SSSR count). The van der Waals surface area contributed by atoms with Gasteiger partial charge in [-0.3, -0.25) is 0 Å². The third kappa shape index (κ3) is 2.63. The minimum absolute atomic E-state index is 0.688. The highest BCUT2D eigenvalue weighted by Gasteiger charge is 2.19. The first-order valence-corrected chi connectivity index (χ1v) is 6.50. The Morgan fingerprint density at radius 3 is 2.79 bits per heavy atom. The zero-order valence-corrected chi connectivity index (χ0v) is 11.6. The summed E-state index contributed by atoms with van der Waals surface area (Å²) in [6.45, 7) is 2.12. The molecule has 2 aromatic rings. The van der Waals surface area contributed by atoms with Crippen LogP contribution in [0.5, 0.6) is 5.75 Å². The fourth-order valence-corrected chi connectivity index (χ4v) is 2.22. The Labute approximate surface area is 113 Å². The number of aryl methyl sites for hydroxylation is 1. The largest absolute Gasteiger partial charge is 0.496 e. The second kappa shape index (κ2) is 5.89. The van der Waals surface area contributed by atoms with Crippen LogP contribution in [-0.2, 0) is 13.5 Å². The minimum Gasteiger partial charge on any atom is -0.496 e. The topological polar surface area (TPSA) is 47.3 Å². The number of rotatable bonds is 5. The van der Waals surface area contributed by atoms with Crippen molar-refractivity contribution < 1.29 is 9.84 Å². The first kappa shape index (κ1) is 13.6. The SMILES string of the molecule is CCCc1ncc([C@H](O)c2ccccc2OC)n1C. The lowest BCUT2D eigenvalue weighted by atomic mass is 10.1. The quantitative estimate of drug-likeness (QED) is 0.898. The third-order valence-electron chi connectivity index (χ3n) is 3.31. The van der Waals surface area contributed by atoms with Gasteiger partial charge >= 0.3 is 0 Å². The van der Waals surface area contributed by atoms with Gasteiger partial charge in [0.2, 0.25) is 0 Å². The van der Waals surface area contributed by atoms with Gasteiger partial charge in [-0.15, -0.1) is 0 Å². The predicted molar refractivity (Wildman–Crippen MR) is 74.3 cm³/mol. The van der Waals surface area contributed by atoms with Crippen LogP contribution in [0, 0.1) is 0 Å². The molecule has 0 fully saturated rings. The van der Waals surface area contributed by atoms with E-state index in [2.05, 4.69) is 11.9 Å². The van der Waals surface area contributed by atoms with Crippen LogP contribution in [0.1, 0.15) is 36.5 Å². The van der Waals surface area contributed by atoms with Gasteiger partial charge in [0.15, 0.2) is 0 Å². The van der Waals surface area contributed by atoms with Crippen LogP contribution in [-0.4, -0.2) is 21.8 Å². The molecular weight excluding hydrogens is 240 g/mol. The number of ether oxygens (including phenoxy) is 1. The van der Waals surface area contributed by atoms with Gasteiger partial charge < -0.3 is 14.4 Å². The molecule has 1 aromatic carbocycles. The molecule has 0 saturated heterocycles. The van der Waals surface area contributed by atoms with Crippen LogP contribution >= 0.6 is 0 Å². The Morgan fingerprint density at radius 1 is 1.37 bits per heavy atom. The molecule has 1 heterocycles. The molecule has 0 unspecified atom stereocenters. The van der Waals surface area contributed by atoms with E-state index < -0.39 is 6.10 Å². The maximum absolute atomic E-state index is 10.5. The number of imidazole rings is 1. The molecule has 0 saturated carbocycles. The lowest BCUT2D eigenvalue weighted by Gasteiger charge is -2.15. The van der Waals surface area contributed by atoms with Gasteiger partial charge in [-0.2, -0.15) is 0 Å². The highest BCUT2D eigenvalue weighted by atomic mass is 16.5. The van der Waals surface area contributed by atoms with Crippen molar-refractivity contribution in [3.8, 4) is 5.75 Å². The average Bonchev–Trinajstić information content (AvgIpc) is 2.80. The molecule has 4 nitrogen and oxygen atoms in total. The number of para-hydroxylation sites is 1. The summed E-state index contributed by atoms with van der Waals surface area (Å²) < 4.78 is 7.25. The van der Waals surface area contributed by atoms with Crippen LogP contribution in [0.2, 0.25) is 0 Å². The molecular formula is C15H20N2O2. The first-order chi connectivity index (χ1) is 9.19. The van der Waals surface area contributed by atoms with E-state index in [4.69, 9.17) is 4.74 Å². The van der Waals surface area contributed by atoms with Gasteiger partial charge in [0.25, 0.3) is 0 Å². The number of nitrogens with zero attached hydrogens (tertiary/aromatic N) is 2. The number of hydrogen-bond donors (Lipinski definition) is 1. The molecule has 0 aliphatic carbocycles. The third-order valence-corrected chi connectivity index (χ3v) is 3.31. The number of aliphatic hydroxyl groups is 1. The van der Waals surface area contributed by atoms with Crippen molar-refractivity contribution in [3.05, 3.63) is 47.5 Å². The molecule has 1 aromatic heterocycles. The van der Waals surface area contributed by atoms with E-state index in [1.807, 2.05) is 35.9 Å². The minimum atomic E-state index is -0.723. The van der Waals surface area contributed by atoms with E-state index in [-0.39, 0.29) is 0 Å². The molecule has 0 radical (unpaired) electrons. The normalized spacial score (nSPS) is 12.4. The summed E-state index contributed by atoms with van der Waals surface area (Å²) in [5.41, 5.74) is 1.55. The van der Waals surface area contributed by atoms with Gasteiger partial charge in [-0.25, -0.2) is 4.98 Å². The second-order valence-corrected chi connectivity index (χ2v) is 4.55. The van der Waals surface area contributed by atoms with Crippen LogP contribution in [0.3, 0.4) is 0 Å². The predicted octanol–water partition coefficient (Wildman–Crippen LogP) is 2.46. The Kier molecular flexibility index (Phi) is 4.22. The number of benzene rings is 1. The number of aromatic nitrogens is 2. The van der Waals surface area contributed by atoms with Crippen molar-refractivity contribution in [2.45, 2.75) is 25.9 Å². The molecule has 0 spiro atoms. The van der Waals surface area contributed by atoms with Crippen LogP contribution in [0.4, 0.5) is 0 Å². The van der Waals surface area contributed by atoms with Crippen LogP contribution in [0.25, 0.3) is 0 Å². The number of methoxy groups -OCH3 is 1. The lowest BCUT2D eigenvalue weighted by Crippen LogP contribution is -2.09. The van der Waals surface area contributed by atoms with Gasteiger partial charge in [-0.1, -0.05) is 25.1 Å². The summed E-state index contributed by atoms with van der Waals surface area (Å²) in [6.07, 6.45) is 2.96. The first-order valence-electron chi connectivity index (χ1n) is 6.50. The summed E-state index contributed by atoms with van der Waals surface area (Å²) >= 11 is 0. The smallest absolute Gasteiger partial charge is 0.125 e. The molecule has 102 valence electrons. The van der Waals surface area contributed by atoms with E-state index in [9.17, 15) is 5.11 Å². The fourth-order valence-electron chi connectivity index (χ4n) is 2.22. The lowest BCUT2D eigenvalue weighted by molar-refractivity contribution is 0.206. The Balaban J connectivity index is 2.36. The van der Waals surface area contributed by atoms with Crippen molar-refractivity contribution in [2.24, 2.45) is 7.05 Å². The summed E-state index contributed by atoms with van der Waals surface area (Å²) in [6, 6.07) is 7.50. The van der Waals surface area contributed by atoms with Crippen LogP contribution < -0.4 is 4.74 Å². The highest BCUT2D eigenvalue weighted by Crippen LogP contribution is 2.29. The Hall–Kier alpha value is -1.81. The zero-order chi connectivity index (χ0) is 13.8. The Morgan fingerprint density at radius 2 is 2.11 bits per heavy atom.